The Bertz CT molecular complexity index is 524. The van der Waals surface area contributed by atoms with E-state index in [0.717, 1.165) is 56.6 Å². The second-order valence-corrected chi connectivity index (χ2v) is 6.48. The van der Waals surface area contributed by atoms with Crippen molar-refractivity contribution in [2.24, 2.45) is 0 Å². The highest BCUT2D eigenvalue weighted by Crippen LogP contribution is 2.27. The van der Waals surface area contributed by atoms with Gasteiger partial charge in [-0.05, 0) is 46.8 Å². The number of aromatic nitrogens is 2. The van der Waals surface area contributed by atoms with E-state index in [2.05, 4.69) is 43.0 Å². The molecule has 1 N–H and O–H groups in total. The number of aromatic carboxylic acids is 1. The Balaban J connectivity index is 2.16. The summed E-state index contributed by atoms with van der Waals surface area (Å²) in [7, 11) is 6.28. The average molecular weight is 308 g/mol. The fourth-order valence-electron chi connectivity index (χ4n) is 3.15. The van der Waals surface area contributed by atoms with Crippen LogP contribution in [-0.2, 0) is 19.4 Å². The lowest BCUT2D eigenvalue weighted by Crippen LogP contribution is -2.40. The highest BCUT2D eigenvalue weighted by atomic mass is 16.4. The van der Waals surface area contributed by atoms with Gasteiger partial charge in [0.15, 0.2) is 5.69 Å². The third-order valence-corrected chi connectivity index (χ3v) is 4.48. The number of hydrogen-bond donors (Lipinski definition) is 1. The highest BCUT2D eigenvalue weighted by molar-refractivity contribution is 5.87. The summed E-state index contributed by atoms with van der Waals surface area (Å²) in [6, 6.07) is 0.407. The molecular formula is C16H28N4O2. The molecule has 0 unspecified atom stereocenters. The second kappa shape index (κ2) is 7.24. The Morgan fingerprint density at radius 2 is 2.09 bits per heavy atom. The molecule has 124 valence electrons. The van der Waals surface area contributed by atoms with E-state index in [0.29, 0.717) is 6.04 Å². The lowest BCUT2D eigenvalue weighted by atomic mass is 9.90. The summed E-state index contributed by atoms with van der Waals surface area (Å²) in [6.07, 6.45) is 3.77. The molecule has 0 aromatic carbocycles. The fourth-order valence-corrected chi connectivity index (χ4v) is 3.15. The minimum atomic E-state index is -0.900. The number of nitrogens with zero attached hydrogens (tertiary/aromatic N) is 4. The van der Waals surface area contributed by atoms with Gasteiger partial charge < -0.3 is 14.9 Å². The zero-order valence-electron chi connectivity index (χ0n) is 14.2. The van der Waals surface area contributed by atoms with E-state index in [1.54, 1.807) is 0 Å². The van der Waals surface area contributed by atoms with Crippen LogP contribution in [0.1, 0.15) is 41.5 Å². The van der Waals surface area contributed by atoms with Gasteiger partial charge in [0.2, 0.25) is 0 Å². The zero-order valence-corrected chi connectivity index (χ0v) is 14.2. The van der Waals surface area contributed by atoms with Crippen LogP contribution < -0.4 is 0 Å². The predicted molar refractivity (Wildman–Crippen MR) is 86.5 cm³/mol. The van der Waals surface area contributed by atoms with Crippen LogP contribution in [0, 0.1) is 0 Å². The molecule has 1 aromatic heterocycles. The first-order valence-corrected chi connectivity index (χ1v) is 8.10. The number of carboxylic acids is 1. The summed E-state index contributed by atoms with van der Waals surface area (Å²) in [5.74, 6) is -0.900. The smallest absolute Gasteiger partial charge is 0.356 e. The molecule has 0 amide bonds. The zero-order chi connectivity index (χ0) is 16.3. The van der Waals surface area contributed by atoms with Gasteiger partial charge in [0, 0.05) is 36.9 Å². The quantitative estimate of drug-likeness (QED) is 0.824. The van der Waals surface area contributed by atoms with Crippen molar-refractivity contribution in [3.8, 4) is 0 Å². The summed E-state index contributed by atoms with van der Waals surface area (Å²) >= 11 is 0. The Kier molecular flexibility index (Phi) is 5.58. The van der Waals surface area contributed by atoms with Crippen molar-refractivity contribution in [3.05, 3.63) is 17.0 Å². The van der Waals surface area contributed by atoms with Crippen molar-refractivity contribution >= 4 is 5.97 Å². The molecule has 0 aliphatic heterocycles. The summed E-state index contributed by atoms with van der Waals surface area (Å²) in [5.41, 5.74) is 2.35. The molecule has 6 heteroatoms. The van der Waals surface area contributed by atoms with Gasteiger partial charge in [-0.1, -0.05) is 6.92 Å². The Morgan fingerprint density at radius 3 is 2.68 bits per heavy atom. The van der Waals surface area contributed by atoms with E-state index >= 15 is 0 Å². The Labute approximate surface area is 132 Å². The van der Waals surface area contributed by atoms with Gasteiger partial charge in [-0.2, -0.15) is 5.10 Å². The van der Waals surface area contributed by atoms with Gasteiger partial charge in [-0.3, -0.25) is 4.68 Å². The number of rotatable bonds is 7. The van der Waals surface area contributed by atoms with Crippen LogP contribution in [0.15, 0.2) is 0 Å². The van der Waals surface area contributed by atoms with Gasteiger partial charge in [-0.15, -0.1) is 0 Å². The Hall–Kier alpha value is -1.40. The third kappa shape index (κ3) is 3.67. The molecule has 1 aliphatic rings. The first-order chi connectivity index (χ1) is 10.4. The number of aryl methyl sites for hydroxylation is 1. The van der Waals surface area contributed by atoms with E-state index < -0.39 is 5.97 Å². The van der Waals surface area contributed by atoms with Crippen molar-refractivity contribution in [2.45, 2.75) is 45.2 Å². The summed E-state index contributed by atoms with van der Waals surface area (Å²) in [5, 5.41) is 13.8. The molecule has 22 heavy (non-hydrogen) atoms. The molecule has 0 saturated carbocycles. The molecule has 0 spiro atoms. The SMILES string of the molecule is CCCn1nc(C(=O)O)c2c1CC[C@H](N(C)CCN(C)C)C2. The largest absolute Gasteiger partial charge is 0.476 e. The van der Waals surface area contributed by atoms with Crippen molar-refractivity contribution in [2.75, 3.05) is 34.2 Å². The molecule has 0 bridgehead atoms. The first-order valence-electron chi connectivity index (χ1n) is 8.10. The van der Waals surface area contributed by atoms with Gasteiger partial charge in [-0.25, -0.2) is 4.79 Å². The minimum Gasteiger partial charge on any atom is -0.476 e. The van der Waals surface area contributed by atoms with E-state index in [1.165, 1.54) is 0 Å². The van der Waals surface area contributed by atoms with Crippen LogP contribution >= 0.6 is 0 Å². The lowest BCUT2D eigenvalue weighted by molar-refractivity contribution is 0.0687. The maximum atomic E-state index is 11.5. The standard InChI is InChI=1S/C16H28N4O2/c1-5-8-20-14-7-6-12(19(4)10-9-18(2)3)11-13(14)15(17-20)16(21)22/h12H,5-11H2,1-4H3,(H,21,22)/t12-/m0/s1. The number of carboxylic acid groups (broad SMARTS) is 1. The molecular weight excluding hydrogens is 280 g/mol. The van der Waals surface area contributed by atoms with Gasteiger partial charge in [0.1, 0.15) is 0 Å². The maximum Gasteiger partial charge on any atom is 0.356 e. The molecule has 0 radical (unpaired) electrons. The first kappa shape index (κ1) is 17.0. The molecule has 0 fully saturated rings. The molecule has 6 nitrogen and oxygen atoms in total. The highest BCUT2D eigenvalue weighted by Gasteiger charge is 2.30. The van der Waals surface area contributed by atoms with Crippen molar-refractivity contribution in [1.82, 2.24) is 19.6 Å². The minimum absolute atomic E-state index is 0.258. The van der Waals surface area contributed by atoms with Gasteiger partial charge in [0.05, 0.1) is 0 Å². The average Bonchev–Trinajstić information content (AvgIpc) is 2.83. The van der Waals surface area contributed by atoms with Crippen LogP contribution in [0.2, 0.25) is 0 Å². The van der Waals surface area contributed by atoms with E-state index in [9.17, 15) is 9.90 Å². The topological polar surface area (TPSA) is 61.6 Å². The molecule has 0 saturated heterocycles. The van der Waals surface area contributed by atoms with Crippen molar-refractivity contribution in [3.63, 3.8) is 0 Å². The van der Waals surface area contributed by atoms with Crippen molar-refractivity contribution in [1.29, 1.82) is 0 Å². The summed E-state index contributed by atoms with van der Waals surface area (Å²) < 4.78 is 1.91. The van der Waals surface area contributed by atoms with Crippen LogP contribution in [0.4, 0.5) is 0 Å². The molecule has 2 rings (SSSR count). The summed E-state index contributed by atoms with van der Waals surface area (Å²) in [6.45, 7) is 4.91. The Morgan fingerprint density at radius 1 is 1.36 bits per heavy atom. The normalized spacial score (nSPS) is 18.0. The summed E-state index contributed by atoms with van der Waals surface area (Å²) in [4.78, 5) is 16.0. The fraction of sp³-hybridized carbons (Fsp3) is 0.750. The van der Waals surface area contributed by atoms with Crippen LogP contribution in [0.5, 0.6) is 0 Å². The monoisotopic (exact) mass is 308 g/mol. The van der Waals surface area contributed by atoms with Crippen molar-refractivity contribution < 1.29 is 9.90 Å². The molecule has 1 heterocycles. The van der Waals surface area contributed by atoms with Crippen LogP contribution in [0.3, 0.4) is 0 Å². The van der Waals surface area contributed by atoms with Crippen LogP contribution in [0.25, 0.3) is 0 Å². The number of fused-ring (bicyclic) bond motifs is 1. The maximum absolute atomic E-state index is 11.5. The second-order valence-electron chi connectivity index (χ2n) is 6.48. The number of likely N-dealkylation sites (N-methyl/N-ethyl adjacent to an activating group) is 2. The molecule has 1 aromatic rings. The van der Waals surface area contributed by atoms with Crippen LogP contribution in [-0.4, -0.2) is 70.9 Å². The number of carbonyl (C=O) groups is 1. The molecule has 1 atom stereocenters. The van der Waals surface area contributed by atoms with E-state index in [-0.39, 0.29) is 5.69 Å². The third-order valence-electron chi connectivity index (χ3n) is 4.48. The van der Waals surface area contributed by atoms with E-state index in [4.69, 9.17) is 0 Å². The molecule has 1 aliphatic carbocycles. The van der Waals surface area contributed by atoms with Gasteiger partial charge >= 0.3 is 5.97 Å². The predicted octanol–water partition coefficient (Wildman–Crippen LogP) is 1.34. The van der Waals surface area contributed by atoms with E-state index in [1.807, 2.05) is 4.68 Å². The number of hydrogen-bond acceptors (Lipinski definition) is 4. The van der Waals surface area contributed by atoms with Gasteiger partial charge in [0.25, 0.3) is 0 Å². The lowest BCUT2D eigenvalue weighted by Gasteiger charge is -2.32.